The number of hydrogen-bond donors (Lipinski definition) is 1. The van der Waals surface area contributed by atoms with E-state index in [1.165, 1.54) is 5.56 Å². The highest BCUT2D eigenvalue weighted by Crippen LogP contribution is 2.37. The topological polar surface area (TPSA) is 50.8 Å². The molecular weight excluding hydrogens is 352 g/mol. The van der Waals surface area contributed by atoms with E-state index < -0.39 is 0 Å². The summed E-state index contributed by atoms with van der Waals surface area (Å²) in [7, 11) is 0. The number of ether oxygens (including phenoxy) is 2. The molecule has 0 aliphatic carbocycles. The fourth-order valence-corrected chi connectivity index (χ4v) is 4.08. The van der Waals surface area contributed by atoms with Gasteiger partial charge in [0.15, 0.2) is 11.5 Å². The SMILES string of the molecule is C[C@H](NC(=O)CN1CCC[C@H]1c1ccc2c(c1)OCCCO2)c1ccccc1. The summed E-state index contributed by atoms with van der Waals surface area (Å²) >= 11 is 0. The van der Waals surface area contributed by atoms with E-state index in [1.54, 1.807) is 0 Å². The molecule has 1 fully saturated rings. The molecule has 2 aromatic rings. The minimum atomic E-state index is 0.00722. The van der Waals surface area contributed by atoms with E-state index in [-0.39, 0.29) is 18.0 Å². The molecule has 1 N–H and O–H groups in total. The van der Waals surface area contributed by atoms with Crippen LogP contribution >= 0.6 is 0 Å². The summed E-state index contributed by atoms with van der Waals surface area (Å²) in [5.74, 6) is 1.71. The summed E-state index contributed by atoms with van der Waals surface area (Å²) in [4.78, 5) is 14.9. The molecule has 28 heavy (non-hydrogen) atoms. The van der Waals surface area contributed by atoms with Crippen LogP contribution in [0.2, 0.25) is 0 Å². The normalized spacial score (nSPS) is 20.4. The van der Waals surface area contributed by atoms with E-state index in [0.717, 1.165) is 42.9 Å². The van der Waals surface area contributed by atoms with Crippen molar-refractivity contribution in [1.82, 2.24) is 10.2 Å². The molecule has 2 aliphatic rings. The lowest BCUT2D eigenvalue weighted by Crippen LogP contribution is -2.38. The van der Waals surface area contributed by atoms with Crippen molar-refractivity contribution in [3.8, 4) is 11.5 Å². The standard InChI is InChI=1S/C23H28N2O3/c1-17(18-7-3-2-4-8-18)24-23(26)16-25-12-5-9-20(25)19-10-11-21-22(15-19)28-14-6-13-27-21/h2-4,7-8,10-11,15,17,20H,5-6,9,12-14,16H2,1H3,(H,24,26)/t17-,20-/m0/s1. The van der Waals surface area contributed by atoms with Gasteiger partial charge < -0.3 is 14.8 Å². The number of benzene rings is 2. The molecule has 5 heteroatoms. The predicted molar refractivity (Wildman–Crippen MR) is 109 cm³/mol. The summed E-state index contributed by atoms with van der Waals surface area (Å²) in [6, 6.07) is 16.5. The minimum absolute atomic E-state index is 0.00722. The van der Waals surface area contributed by atoms with E-state index in [2.05, 4.69) is 22.3 Å². The Morgan fingerprint density at radius 3 is 2.71 bits per heavy atom. The van der Waals surface area contributed by atoms with Gasteiger partial charge in [-0.2, -0.15) is 0 Å². The molecular formula is C23H28N2O3. The van der Waals surface area contributed by atoms with Crippen LogP contribution < -0.4 is 14.8 Å². The average molecular weight is 380 g/mol. The van der Waals surface area contributed by atoms with E-state index >= 15 is 0 Å². The molecule has 1 saturated heterocycles. The summed E-state index contributed by atoms with van der Waals surface area (Å²) in [6.07, 6.45) is 3.06. The van der Waals surface area contributed by atoms with Crippen molar-refractivity contribution in [1.29, 1.82) is 0 Å². The van der Waals surface area contributed by atoms with E-state index in [4.69, 9.17) is 9.47 Å². The number of nitrogens with one attached hydrogen (secondary N) is 1. The van der Waals surface area contributed by atoms with Crippen molar-refractivity contribution in [3.05, 3.63) is 59.7 Å². The second-order valence-electron chi connectivity index (χ2n) is 7.59. The van der Waals surface area contributed by atoms with Crippen LogP contribution in [0.5, 0.6) is 11.5 Å². The Kier molecular flexibility index (Phi) is 5.81. The molecule has 2 atom stereocenters. The van der Waals surface area contributed by atoms with Gasteiger partial charge in [0.2, 0.25) is 5.91 Å². The van der Waals surface area contributed by atoms with E-state index in [0.29, 0.717) is 19.8 Å². The number of likely N-dealkylation sites (tertiary alicyclic amines) is 1. The highest BCUT2D eigenvalue weighted by atomic mass is 16.5. The summed E-state index contributed by atoms with van der Waals surface area (Å²) in [5.41, 5.74) is 2.32. The number of amides is 1. The van der Waals surface area contributed by atoms with Crippen LogP contribution in [0.4, 0.5) is 0 Å². The first-order valence-electron chi connectivity index (χ1n) is 10.2. The van der Waals surface area contributed by atoms with Crippen molar-refractivity contribution in [2.45, 2.75) is 38.3 Å². The van der Waals surface area contributed by atoms with Crippen LogP contribution in [-0.2, 0) is 4.79 Å². The largest absolute Gasteiger partial charge is 0.490 e. The Morgan fingerprint density at radius 1 is 1.11 bits per heavy atom. The second kappa shape index (κ2) is 8.65. The van der Waals surface area contributed by atoms with Crippen LogP contribution in [0.15, 0.2) is 48.5 Å². The lowest BCUT2D eigenvalue weighted by molar-refractivity contribution is -0.123. The number of fused-ring (bicyclic) bond motifs is 1. The van der Waals surface area contributed by atoms with Gasteiger partial charge in [-0.15, -0.1) is 0 Å². The van der Waals surface area contributed by atoms with Gasteiger partial charge in [-0.1, -0.05) is 36.4 Å². The number of rotatable bonds is 5. The number of nitrogens with zero attached hydrogens (tertiary/aromatic N) is 1. The first kappa shape index (κ1) is 18.8. The molecule has 2 aliphatic heterocycles. The van der Waals surface area contributed by atoms with Crippen LogP contribution in [0.1, 0.15) is 49.4 Å². The van der Waals surface area contributed by atoms with Crippen LogP contribution in [0, 0.1) is 0 Å². The van der Waals surface area contributed by atoms with Crippen LogP contribution in [-0.4, -0.2) is 37.1 Å². The molecule has 148 valence electrons. The molecule has 0 aromatic heterocycles. The van der Waals surface area contributed by atoms with Gasteiger partial charge in [-0.25, -0.2) is 0 Å². The molecule has 4 rings (SSSR count). The Labute approximate surface area is 166 Å². The van der Waals surface area contributed by atoms with Gasteiger partial charge in [0.05, 0.1) is 25.8 Å². The Bertz CT molecular complexity index is 809. The summed E-state index contributed by atoms with van der Waals surface area (Å²) in [6.45, 7) is 4.76. The quantitative estimate of drug-likeness (QED) is 0.856. The third-order valence-electron chi connectivity index (χ3n) is 5.54. The Hall–Kier alpha value is -2.53. The lowest BCUT2D eigenvalue weighted by atomic mass is 10.0. The predicted octanol–water partition coefficient (Wildman–Crippen LogP) is 3.86. The van der Waals surface area contributed by atoms with Gasteiger partial charge in [-0.3, -0.25) is 9.69 Å². The maximum atomic E-state index is 12.6. The molecule has 1 amide bonds. The highest BCUT2D eigenvalue weighted by Gasteiger charge is 2.29. The minimum Gasteiger partial charge on any atom is -0.490 e. The molecule has 0 spiro atoms. The maximum Gasteiger partial charge on any atom is 0.234 e. The van der Waals surface area contributed by atoms with Gasteiger partial charge in [0, 0.05) is 12.5 Å². The average Bonchev–Trinajstić information content (AvgIpc) is 3.03. The Morgan fingerprint density at radius 2 is 1.89 bits per heavy atom. The molecule has 0 unspecified atom stereocenters. The second-order valence-corrected chi connectivity index (χ2v) is 7.59. The van der Waals surface area contributed by atoms with E-state index in [1.807, 2.05) is 43.3 Å². The first-order valence-corrected chi connectivity index (χ1v) is 10.2. The summed E-state index contributed by atoms with van der Waals surface area (Å²) in [5, 5.41) is 3.13. The first-order chi connectivity index (χ1) is 13.7. The molecule has 0 bridgehead atoms. The molecule has 2 aromatic carbocycles. The Balaban J connectivity index is 1.41. The van der Waals surface area contributed by atoms with Crippen molar-refractivity contribution < 1.29 is 14.3 Å². The van der Waals surface area contributed by atoms with Gasteiger partial charge in [0.25, 0.3) is 0 Å². The fraction of sp³-hybridized carbons (Fsp3) is 0.435. The zero-order valence-electron chi connectivity index (χ0n) is 16.4. The van der Waals surface area contributed by atoms with Gasteiger partial charge in [-0.05, 0) is 49.6 Å². The number of carbonyl (C=O) groups is 1. The third-order valence-corrected chi connectivity index (χ3v) is 5.54. The third kappa shape index (κ3) is 4.30. The van der Waals surface area contributed by atoms with Crippen molar-refractivity contribution in [2.24, 2.45) is 0 Å². The van der Waals surface area contributed by atoms with Crippen LogP contribution in [0.3, 0.4) is 0 Å². The monoisotopic (exact) mass is 380 g/mol. The zero-order valence-corrected chi connectivity index (χ0v) is 16.4. The molecule has 2 heterocycles. The van der Waals surface area contributed by atoms with Gasteiger partial charge in [0.1, 0.15) is 0 Å². The zero-order chi connectivity index (χ0) is 19.3. The highest BCUT2D eigenvalue weighted by molar-refractivity contribution is 5.78. The molecule has 0 radical (unpaired) electrons. The summed E-state index contributed by atoms with van der Waals surface area (Å²) < 4.78 is 11.6. The number of hydrogen-bond acceptors (Lipinski definition) is 4. The molecule has 0 saturated carbocycles. The van der Waals surface area contributed by atoms with Gasteiger partial charge >= 0.3 is 0 Å². The maximum absolute atomic E-state index is 12.6. The fourth-order valence-electron chi connectivity index (χ4n) is 4.08. The number of carbonyl (C=O) groups excluding carboxylic acids is 1. The van der Waals surface area contributed by atoms with Crippen molar-refractivity contribution in [2.75, 3.05) is 26.3 Å². The smallest absolute Gasteiger partial charge is 0.234 e. The van der Waals surface area contributed by atoms with Crippen LogP contribution in [0.25, 0.3) is 0 Å². The van der Waals surface area contributed by atoms with E-state index in [9.17, 15) is 4.79 Å². The lowest BCUT2D eigenvalue weighted by Gasteiger charge is -2.25. The molecule has 5 nitrogen and oxygen atoms in total. The van der Waals surface area contributed by atoms with Crippen molar-refractivity contribution >= 4 is 5.91 Å². The van der Waals surface area contributed by atoms with Crippen molar-refractivity contribution in [3.63, 3.8) is 0 Å².